The lowest BCUT2D eigenvalue weighted by molar-refractivity contribution is 0.102. The number of hydrogen-bond acceptors (Lipinski definition) is 5. The summed E-state index contributed by atoms with van der Waals surface area (Å²) in [5, 5.41) is 18.3. The molecule has 0 saturated heterocycles. The van der Waals surface area contributed by atoms with Crippen LogP contribution in [0.5, 0.6) is 0 Å². The SMILES string of the molecule is O=C(Nc1ccn[nH]1)c1ccc(Sc2ccccc2Cl)nn1. The maximum absolute atomic E-state index is 11.9. The maximum Gasteiger partial charge on any atom is 0.277 e. The molecule has 0 spiro atoms. The Hall–Kier alpha value is -2.38. The van der Waals surface area contributed by atoms with Crippen LogP contribution in [0.2, 0.25) is 5.02 Å². The molecular formula is C14H10ClN5OS. The average molecular weight is 332 g/mol. The summed E-state index contributed by atoms with van der Waals surface area (Å²) < 4.78 is 0. The van der Waals surface area contributed by atoms with Crippen LogP contribution in [0.25, 0.3) is 0 Å². The van der Waals surface area contributed by atoms with Gasteiger partial charge in [0, 0.05) is 11.0 Å². The average Bonchev–Trinajstić information content (AvgIpc) is 3.03. The highest BCUT2D eigenvalue weighted by atomic mass is 35.5. The van der Waals surface area contributed by atoms with Crippen molar-refractivity contribution in [3.05, 3.63) is 59.4 Å². The molecule has 0 saturated carbocycles. The van der Waals surface area contributed by atoms with Crippen molar-refractivity contribution in [3.63, 3.8) is 0 Å². The van der Waals surface area contributed by atoms with Crippen LogP contribution in [0.15, 0.2) is 58.6 Å². The van der Waals surface area contributed by atoms with E-state index in [9.17, 15) is 4.79 Å². The molecule has 3 rings (SSSR count). The fourth-order valence-electron chi connectivity index (χ4n) is 1.65. The summed E-state index contributed by atoms with van der Waals surface area (Å²) in [6.07, 6.45) is 1.55. The first kappa shape index (κ1) is 14.6. The Labute approximate surface area is 135 Å². The summed E-state index contributed by atoms with van der Waals surface area (Å²) in [4.78, 5) is 12.8. The molecule has 0 unspecified atom stereocenters. The fourth-order valence-corrected chi connectivity index (χ4v) is 2.65. The van der Waals surface area contributed by atoms with Crippen molar-refractivity contribution in [2.24, 2.45) is 0 Å². The highest BCUT2D eigenvalue weighted by Gasteiger charge is 2.10. The van der Waals surface area contributed by atoms with E-state index in [2.05, 4.69) is 25.7 Å². The molecule has 1 amide bonds. The van der Waals surface area contributed by atoms with E-state index in [0.29, 0.717) is 15.9 Å². The summed E-state index contributed by atoms with van der Waals surface area (Å²) in [5.74, 6) is 0.146. The van der Waals surface area contributed by atoms with Gasteiger partial charge in [0.1, 0.15) is 10.8 Å². The molecule has 0 atom stereocenters. The van der Waals surface area contributed by atoms with Gasteiger partial charge in [0.05, 0.1) is 11.2 Å². The molecule has 110 valence electrons. The number of aromatic amines is 1. The molecular weight excluding hydrogens is 322 g/mol. The number of nitrogens with one attached hydrogen (secondary N) is 2. The maximum atomic E-state index is 11.9. The normalized spacial score (nSPS) is 10.4. The lowest BCUT2D eigenvalue weighted by atomic mass is 10.3. The highest BCUT2D eigenvalue weighted by molar-refractivity contribution is 7.99. The molecule has 8 heteroatoms. The van der Waals surface area contributed by atoms with Crippen molar-refractivity contribution in [1.82, 2.24) is 20.4 Å². The molecule has 2 aromatic heterocycles. The lowest BCUT2D eigenvalue weighted by Gasteiger charge is -2.04. The number of aromatic nitrogens is 4. The Morgan fingerprint density at radius 2 is 2.00 bits per heavy atom. The van der Waals surface area contributed by atoms with Gasteiger partial charge in [-0.05, 0) is 24.3 Å². The number of halogens is 1. The van der Waals surface area contributed by atoms with E-state index in [1.165, 1.54) is 11.8 Å². The van der Waals surface area contributed by atoms with E-state index in [1.54, 1.807) is 24.4 Å². The zero-order chi connectivity index (χ0) is 15.4. The third kappa shape index (κ3) is 3.44. The molecule has 2 heterocycles. The molecule has 0 fully saturated rings. The first-order chi connectivity index (χ1) is 10.7. The molecule has 0 aliphatic heterocycles. The van der Waals surface area contributed by atoms with Gasteiger partial charge in [-0.25, -0.2) is 0 Å². The number of benzene rings is 1. The van der Waals surface area contributed by atoms with Crippen LogP contribution in [0, 0.1) is 0 Å². The van der Waals surface area contributed by atoms with Crippen LogP contribution in [-0.4, -0.2) is 26.3 Å². The second-order valence-corrected chi connectivity index (χ2v) is 5.68. The molecule has 6 nitrogen and oxygen atoms in total. The number of nitrogens with zero attached hydrogens (tertiary/aromatic N) is 3. The molecule has 2 N–H and O–H groups in total. The van der Waals surface area contributed by atoms with Gasteiger partial charge in [-0.15, -0.1) is 10.2 Å². The van der Waals surface area contributed by atoms with E-state index in [1.807, 2.05) is 24.3 Å². The van der Waals surface area contributed by atoms with Gasteiger partial charge < -0.3 is 5.32 Å². The second-order valence-electron chi connectivity index (χ2n) is 4.21. The summed E-state index contributed by atoms with van der Waals surface area (Å²) in [6, 6.07) is 12.4. The summed E-state index contributed by atoms with van der Waals surface area (Å²) in [7, 11) is 0. The smallest absolute Gasteiger partial charge is 0.277 e. The van der Waals surface area contributed by atoms with Crippen LogP contribution in [0.4, 0.5) is 5.82 Å². The predicted molar refractivity (Wildman–Crippen MR) is 84.1 cm³/mol. The highest BCUT2D eigenvalue weighted by Crippen LogP contribution is 2.31. The zero-order valence-electron chi connectivity index (χ0n) is 11.2. The number of hydrogen-bond donors (Lipinski definition) is 2. The van der Waals surface area contributed by atoms with Gasteiger partial charge in [-0.3, -0.25) is 9.89 Å². The van der Waals surface area contributed by atoms with Crippen molar-refractivity contribution in [1.29, 1.82) is 0 Å². The first-order valence-electron chi connectivity index (χ1n) is 6.29. The largest absolute Gasteiger partial charge is 0.306 e. The number of amides is 1. The van der Waals surface area contributed by atoms with E-state index >= 15 is 0 Å². The fraction of sp³-hybridized carbons (Fsp3) is 0. The molecule has 3 aromatic rings. The number of carbonyl (C=O) groups is 1. The van der Waals surface area contributed by atoms with Gasteiger partial charge in [0.2, 0.25) is 0 Å². The Balaban J connectivity index is 1.70. The molecule has 22 heavy (non-hydrogen) atoms. The van der Waals surface area contributed by atoms with Crippen LogP contribution in [-0.2, 0) is 0 Å². The Bertz CT molecular complexity index is 776. The quantitative estimate of drug-likeness (QED) is 0.766. The van der Waals surface area contributed by atoms with E-state index in [-0.39, 0.29) is 11.6 Å². The molecule has 0 aliphatic rings. The molecule has 0 radical (unpaired) electrons. The monoisotopic (exact) mass is 331 g/mol. The minimum absolute atomic E-state index is 0.220. The van der Waals surface area contributed by atoms with Gasteiger partial charge in [-0.2, -0.15) is 5.10 Å². The minimum atomic E-state index is -0.356. The first-order valence-corrected chi connectivity index (χ1v) is 7.48. The number of rotatable bonds is 4. The minimum Gasteiger partial charge on any atom is -0.306 e. The third-order valence-corrected chi connectivity index (χ3v) is 4.12. The van der Waals surface area contributed by atoms with E-state index in [0.717, 1.165) is 4.90 Å². The topological polar surface area (TPSA) is 83.6 Å². The number of carbonyl (C=O) groups excluding carboxylic acids is 1. The standard InChI is InChI=1S/C14H10ClN5OS/c15-9-3-1-2-4-11(9)22-13-6-5-10(18-20-13)14(21)17-12-7-8-16-19-12/h1-8H,(H2,16,17,19,21). The van der Waals surface area contributed by atoms with Crippen LogP contribution in [0.3, 0.4) is 0 Å². The Kier molecular flexibility index (Phi) is 4.36. The molecule has 1 aromatic carbocycles. The van der Waals surface area contributed by atoms with Gasteiger partial charge in [0.25, 0.3) is 5.91 Å². The van der Waals surface area contributed by atoms with E-state index < -0.39 is 0 Å². The zero-order valence-corrected chi connectivity index (χ0v) is 12.7. The molecule has 0 bridgehead atoms. The summed E-state index contributed by atoms with van der Waals surface area (Å²) in [5.41, 5.74) is 0.220. The van der Waals surface area contributed by atoms with Crippen molar-refractivity contribution in [2.75, 3.05) is 5.32 Å². The van der Waals surface area contributed by atoms with Gasteiger partial charge in [0.15, 0.2) is 5.69 Å². The van der Waals surface area contributed by atoms with Gasteiger partial charge >= 0.3 is 0 Å². The summed E-state index contributed by atoms with van der Waals surface area (Å²) in [6.45, 7) is 0. The van der Waals surface area contributed by atoms with Crippen LogP contribution < -0.4 is 5.32 Å². The second kappa shape index (κ2) is 6.59. The van der Waals surface area contributed by atoms with Crippen molar-refractivity contribution >= 4 is 35.1 Å². The van der Waals surface area contributed by atoms with Crippen molar-refractivity contribution in [2.45, 2.75) is 9.92 Å². The number of anilines is 1. The molecule has 0 aliphatic carbocycles. The Morgan fingerprint density at radius 3 is 2.68 bits per heavy atom. The van der Waals surface area contributed by atoms with Crippen LogP contribution in [0.1, 0.15) is 10.5 Å². The van der Waals surface area contributed by atoms with Crippen molar-refractivity contribution < 1.29 is 4.79 Å². The lowest BCUT2D eigenvalue weighted by Crippen LogP contribution is -2.14. The number of H-pyrrole nitrogens is 1. The third-order valence-electron chi connectivity index (χ3n) is 2.67. The van der Waals surface area contributed by atoms with Crippen molar-refractivity contribution in [3.8, 4) is 0 Å². The van der Waals surface area contributed by atoms with Gasteiger partial charge in [-0.1, -0.05) is 35.5 Å². The van der Waals surface area contributed by atoms with Crippen LogP contribution >= 0.6 is 23.4 Å². The predicted octanol–water partition coefficient (Wildman–Crippen LogP) is 3.26. The Morgan fingerprint density at radius 1 is 1.14 bits per heavy atom. The summed E-state index contributed by atoms with van der Waals surface area (Å²) >= 11 is 7.48. The van der Waals surface area contributed by atoms with E-state index in [4.69, 9.17) is 11.6 Å².